The molecule has 1 fully saturated rings. The van der Waals surface area contributed by atoms with Gasteiger partial charge in [-0.15, -0.1) is 0 Å². The highest BCUT2D eigenvalue weighted by Crippen LogP contribution is 2.23. The zero-order valence-corrected chi connectivity index (χ0v) is 9.94. The highest BCUT2D eigenvalue weighted by molar-refractivity contribution is 6.33. The second-order valence-electron chi connectivity index (χ2n) is 4.12. The van der Waals surface area contributed by atoms with E-state index in [1.807, 2.05) is 4.90 Å². The number of anilines is 1. The maximum absolute atomic E-state index is 11.6. The minimum absolute atomic E-state index is 0.147. The molecule has 2 N–H and O–H groups in total. The summed E-state index contributed by atoms with van der Waals surface area (Å²) < 4.78 is 1.23. The SMILES string of the molecule is Cn1ncc(N2CCC[C@H](N)C2)c(Cl)c1=O. The zero-order chi connectivity index (χ0) is 11.7. The highest BCUT2D eigenvalue weighted by Gasteiger charge is 2.20. The molecule has 2 heterocycles. The molecule has 0 radical (unpaired) electrons. The molecule has 1 aromatic heterocycles. The summed E-state index contributed by atoms with van der Waals surface area (Å²) in [6.07, 6.45) is 3.67. The van der Waals surface area contributed by atoms with Gasteiger partial charge < -0.3 is 10.6 Å². The molecular weight excluding hydrogens is 228 g/mol. The lowest BCUT2D eigenvalue weighted by molar-refractivity contribution is 0.504. The monoisotopic (exact) mass is 242 g/mol. The summed E-state index contributed by atoms with van der Waals surface area (Å²) in [5, 5.41) is 4.21. The van der Waals surface area contributed by atoms with Crippen LogP contribution in [0.4, 0.5) is 5.69 Å². The van der Waals surface area contributed by atoms with E-state index >= 15 is 0 Å². The van der Waals surface area contributed by atoms with Crippen LogP contribution in [0.1, 0.15) is 12.8 Å². The van der Waals surface area contributed by atoms with E-state index in [9.17, 15) is 4.79 Å². The molecule has 5 nitrogen and oxygen atoms in total. The van der Waals surface area contributed by atoms with Gasteiger partial charge in [0.15, 0.2) is 0 Å². The van der Waals surface area contributed by atoms with Gasteiger partial charge in [0.25, 0.3) is 5.56 Å². The fourth-order valence-corrected chi connectivity index (χ4v) is 2.24. The van der Waals surface area contributed by atoms with Crippen LogP contribution in [0.3, 0.4) is 0 Å². The van der Waals surface area contributed by atoms with Gasteiger partial charge in [-0.05, 0) is 12.8 Å². The van der Waals surface area contributed by atoms with Gasteiger partial charge in [-0.2, -0.15) is 5.10 Å². The van der Waals surface area contributed by atoms with E-state index in [-0.39, 0.29) is 16.6 Å². The number of piperidine rings is 1. The van der Waals surface area contributed by atoms with Crippen LogP contribution in [0.25, 0.3) is 0 Å². The second-order valence-corrected chi connectivity index (χ2v) is 4.50. The number of hydrogen-bond acceptors (Lipinski definition) is 4. The number of nitrogens with two attached hydrogens (primary N) is 1. The average molecular weight is 243 g/mol. The number of aryl methyl sites for hydroxylation is 1. The smallest absolute Gasteiger partial charge is 0.287 e. The topological polar surface area (TPSA) is 64.2 Å². The quantitative estimate of drug-likeness (QED) is 0.773. The van der Waals surface area contributed by atoms with Crippen molar-refractivity contribution in [2.24, 2.45) is 12.8 Å². The number of nitrogens with zero attached hydrogens (tertiary/aromatic N) is 3. The molecule has 2 rings (SSSR count). The van der Waals surface area contributed by atoms with Crippen LogP contribution in [0, 0.1) is 0 Å². The van der Waals surface area contributed by atoms with Gasteiger partial charge >= 0.3 is 0 Å². The van der Waals surface area contributed by atoms with Crippen molar-refractivity contribution >= 4 is 17.3 Å². The Bertz CT molecular complexity index is 445. The van der Waals surface area contributed by atoms with Crippen LogP contribution >= 0.6 is 11.6 Å². The Labute approximate surface area is 98.8 Å². The maximum atomic E-state index is 11.6. The van der Waals surface area contributed by atoms with Crippen LogP contribution in [0.2, 0.25) is 5.02 Å². The standard InChI is InChI=1S/C10H15ClN4O/c1-14-10(16)9(11)8(5-13-14)15-4-2-3-7(12)6-15/h5,7H,2-4,6,12H2,1H3/t7-/m0/s1. The van der Waals surface area contributed by atoms with E-state index in [4.69, 9.17) is 17.3 Å². The molecule has 0 spiro atoms. The molecule has 88 valence electrons. The summed E-state index contributed by atoms with van der Waals surface area (Å²) >= 11 is 6.02. The van der Waals surface area contributed by atoms with Crippen molar-refractivity contribution < 1.29 is 0 Å². The van der Waals surface area contributed by atoms with E-state index in [0.29, 0.717) is 5.69 Å². The predicted molar refractivity (Wildman–Crippen MR) is 63.9 cm³/mol. The summed E-state index contributed by atoms with van der Waals surface area (Å²) in [6, 6.07) is 0.147. The van der Waals surface area contributed by atoms with E-state index in [1.54, 1.807) is 13.2 Å². The average Bonchev–Trinajstić information content (AvgIpc) is 2.26. The molecule has 0 unspecified atom stereocenters. The Morgan fingerprint density at radius 2 is 2.38 bits per heavy atom. The van der Waals surface area contributed by atoms with Gasteiger partial charge in [-0.25, -0.2) is 4.68 Å². The lowest BCUT2D eigenvalue weighted by atomic mass is 10.1. The first kappa shape index (κ1) is 11.4. The molecule has 0 aliphatic carbocycles. The van der Waals surface area contributed by atoms with Crippen molar-refractivity contribution in [3.63, 3.8) is 0 Å². The first-order chi connectivity index (χ1) is 7.59. The summed E-state index contributed by atoms with van der Waals surface area (Å²) in [5.41, 5.74) is 6.32. The molecule has 0 aromatic carbocycles. The van der Waals surface area contributed by atoms with E-state index in [1.165, 1.54) is 4.68 Å². The third-order valence-corrected chi connectivity index (χ3v) is 3.21. The van der Waals surface area contributed by atoms with Gasteiger partial charge in [0.2, 0.25) is 0 Å². The normalized spacial score (nSPS) is 21.2. The number of aromatic nitrogens is 2. The van der Waals surface area contributed by atoms with E-state index in [2.05, 4.69) is 5.10 Å². The predicted octanol–water partition coefficient (Wildman–Crippen LogP) is 0.361. The van der Waals surface area contributed by atoms with E-state index in [0.717, 1.165) is 25.9 Å². The van der Waals surface area contributed by atoms with Gasteiger partial charge in [0.05, 0.1) is 11.9 Å². The van der Waals surface area contributed by atoms with Gasteiger partial charge in [-0.1, -0.05) is 11.6 Å². The number of hydrogen-bond donors (Lipinski definition) is 1. The van der Waals surface area contributed by atoms with Crippen LogP contribution in [0.5, 0.6) is 0 Å². The molecule has 1 saturated heterocycles. The van der Waals surface area contributed by atoms with Crippen molar-refractivity contribution in [3.05, 3.63) is 21.6 Å². The molecule has 6 heteroatoms. The largest absolute Gasteiger partial charge is 0.367 e. The highest BCUT2D eigenvalue weighted by atomic mass is 35.5. The fraction of sp³-hybridized carbons (Fsp3) is 0.600. The molecule has 1 atom stereocenters. The van der Waals surface area contributed by atoms with Crippen LogP contribution in [-0.4, -0.2) is 28.9 Å². The van der Waals surface area contributed by atoms with Crippen molar-refractivity contribution in [3.8, 4) is 0 Å². The summed E-state index contributed by atoms with van der Waals surface area (Å²) in [5.74, 6) is 0. The van der Waals surface area contributed by atoms with Crippen LogP contribution < -0.4 is 16.2 Å². The molecule has 1 aromatic rings. The van der Waals surface area contributed by atoms with Crippen LogP contribution in [0.15, 0.2) is 11.0 Å². The minimum atomic E-state index is -0.265. The van der Waals surface area contributed by atoms with Gasteiger partial charge in [0, 0.05) is 26.2 Å². The lowest BCUT2D eigenvalue weighted by Crippen LogP contribution is -2.43. The summed E-state index contributed by atoms with van der Waals surface area (Å²) in [7, 11) is 1.58. The second kappa shape index (κ2) is 4.43. The Morgan fingerprint density at radius 3 is 3.06 bits per heavy atom. The molecule has 0 bridgehead atoms. The fourth-order valence-electron chi connectivity index (χ4n) is 1.95. The molecule has 1 aliphatic heterocycles. The summed E-state index contributed by atoms with van der Waals surface area (Å²) in [6.45, 7) is 1.61. The first-order valence-corrected chi connectivity index (χ1v) is 5.69. The minimum Gasteiger partial charge on any atom is -0.367 e. The molecule has 1 aliphatic rings. The number of rotatable bonds is 1. The third-order valence-electron chi connectivity index (χ3n) is 2.86. The third kappa shape index (κ3) is 2.05. The van der Waals surface area contributed by atoms with Gasteiger partial charge in [0.1, 0.15) is 5.02 Å². The van der Waals surface area contributed by atoms with Gasteiger partial charge in [-0.3, -0.25) is 4.79 Å². The Hall–Kier alpha value is -1.07. The Morgan fingerprint density at radius 1 is 1.62 bits per heavy atom. The molecule has 0 amide bonds. The van der Waals surface area contributed by atoms with Crippen molar-refractivity contribution in [2.45, 2.75) is 18.9 Å². The van der Waals surface area contributed by atoms with Crippen molar-refractivity contribution in [2.75, 3.05) is 18.0 Å². The van der Waals surface area contributed by atoms with Crippen molar-refractivity contribution in [1.29, 1.82) is 0 Å². The Balaban J connectivity index is 2.33. The maximum Gasteiger partial charge on any atom is 0.287 e. The zero-order valence-electron chi connectivity index (χ0n) is 9.19. The molecular formula is C10H15ClN4O. The first-order valence-electron chi connectivity index (χ1n) is 5.32. The lowest BCUT2D eigenvalue weighted by Gasteiger charge is -2.32. The van der Waals surface area contributed by atoms with Crippen molar-refractivity contribution in [1.82, 2.24) is 9.78 Å². The summed E-state index contributed by atoms with van der Waals surface area (Å²) in [4.78, 5) is 13.7. The number of halogens is 1. The molecule has 16 heavy (non-hydrogen) atoms. The van der Waals surface area contributed by atoms with E-state index < -0.39 is 0 Å². The molecule has 0 saturated carbocycles. The Kier molecular flexibility index (Phi) is 3.16. The van der Waals surface area contributed by atoms with Crippen LogP contribution in [-0.2, 0) is 7.05 Å².